The van der Waals surface area contributed by atoms with Crippen molar-refractivity contribution in [2.45, 2.75) is 32.4 Å². The van der Waals surface area contributed by atoms with Gasteiger partial charge in [-0.25, -0.2) is 0 Å². The van der Waals surface area contributed by atoms with E-state index in [0.29, 0.717) is 29.5 Å². The van der Waals surface area contributed by atoms with Gasteiger partial charge in [0.05, 0.1) is 12.1 Å². The minimum Gasteiger partial charge on any atom is -0.347 e. The molecule has 24 heavy (non-hydrogen) atoms. The zero-order valence-electron chi connectivity index (χ0n) is 13.8. The molecule has 2 aromatic heterocycles. The molecule has 8 nitrogen and oxygen atoms in total. The van der Waals surface area contributed by atoms with Crippen LogP contribution in [0.1, 0.15) is 40.6 Å². The number of nitrogens with zero attached hydrogens (tertiary/aromatic N) is 5. The van der Waals surface area contributed by atoms with Crippen LogP contribution in [0.5, 0.6) is 0 Å². The van der Waals surface area contributed by atoms with Crippen LogP contribution in [-0.2, 0) is 13.6 Å². The number of hydrogen-bond donors (Lipinski definition) is 1. The minimum absolute atomic E-state index is 0.0692. The SMILES string of the molecule is Cc1nc(CN2CCCC(NC(=O)c3cc(C#N)cn3C)C2)no1. The number of carbonyl (C=O) groups excluding carboxylic acids is 1. The van der Waals surface area contributed by atoms with Crippen LogP contribution < -0.4 is 5.32 Å². The Morgan fingerprint density at radius 3 is 3.08 bits per heavy atom. The first-order valence-electron chi connectivity index (χ1n) is 7.94. The van der Waals surface area contributed by atoms with Gasteiger partial charge in [-0.15, -0.1) is 0 Å². The Bertz CT molecular complexity index is 772. The summed E-state index contributed by atoms with van der Waals surface area (Å²) in [6.07, 6.45) is 3.59. The predicted molar refractivity (Wildman–Crippen MR) is 84.9 cm³/mol. The summed E-state index contributed by atoms with van der Waals surface area (Å²) in [6, 6.07) is 3.73. The van der Waals surface area contributed by atoms with Crippen molar-refractivity contribution in [3.05, 3.63) is 35.2 Å². The van der Waals surface area contributed by atoms with Crippen molar-refractivity contribution in [1.82, 2.24) is 24.9 Å². The second-order valence-electron chi connectivity index (χ2n) is 6.11. The van der Waals surface area contributed by atoms with E-state index in [2.05, 4.69) is 26.4 Å². The molecule has 0 radical (unpaired) electrons. The molecule has 1 N–H and O–H groups in total. The molecule has 1 aliphatic rings. The fourth-order valence-corrected chi connectivity index (χ4v) is 3.03. The second kappa shape index (κ2) is 6.84. The monoisotopic (exact) mass is 328 g/mol. The number of rotatable bonds is 4. The maximum absolute atomic E-state index is 12.4. The van der Waals surface area contributed by atoms with Gasteiger partial charge >= 0.3 is 0 Å². The van der Waals surface area contributed by atoms with Crippen LogP contribution in [0.4, 0.5) is 0 Å². The van der Waals surface area contributed by atoms with Crippen molar-refractivity contribution >= 4 is 5.91 Å². The average Bonchev–Trinajstić information content (AvgIpc) is 3.13. The van der Waals surface area contributed by atoms with Crippen molar-refractivity contribution in [1.29, 1.82) is 5.26 Å². The molecular weight excluding hydrogens is 308 g/mol. The number of hydrogen-bond acceptors (Lipinski definition) is 6. The molecule has 8 heteroatoms. The molecule has 2 aromatic rings. The third kappa shape index (κ3) is 3.63. The Kier molecular flexibility index (Phi) is 4.62. The standard InChI is InChI=1S/C16H20N6O2/c1-11-18-15(20-24-11)10-22-5-3-4-13(9-22)19-16(23)14-6-12(7-17)8-21(14)2/h6,8,13H,3-5,9-10H2,1-2H3,(H,19,23). The van der Waals surface area contributed by atoms with Gasteiger partial charge in [0, 0.05) is 32.8 Å². The van der Waals surface area contributed by atoms with E-state index in [1.165, 1.54) is 0 Å². The van der Waals surface area contributed by atoms with E-state index in [0.717, 1.165) is 25.9 Å². The highest BCUT2D eigenvalue weighted by molar-refractivity contribution is 5.93. The molecule has 1 unspecified atom stereocenters. The summed E-state index contributed by atoms with van der Waals surface area (Å²) in [5.74, 6) is 1.07. The minimum atomic E-state index is -0.152. The van der Waals surface area contributed by atoms with Gasteiger partial charge in [-0.1, -0.05) is 5.16 Å². The van der Waals surface area contributed by atoms with Gasteiger partial charge in [0.1, 0.15) is 11.8 Å². The second-order valence-corrected chi connectivity index (χ2v) is 6.11. The molecule has 0 spiro atoms. The summed E-state index contributed by atoms with van der Waals surface area (Å²) >= 11 is 0. The Labute approximate surface area is 140 Å². The highest BCUT2D eigenvalue weighted by atomic mass is 16.5. The van der Waals surface area contributed by atoms with E-state index in [1.54, 1.807) is 30.8 Å². The number of nitriles is 1. The maximum Gasteiger partial charge on any atom is 0.268 e. The van der Waals surface area contributed by atoms with Crippen LogP contribution >= 0.6 is 0 Å². The summed E-state index contributed by atoms with van der Waals surface area (Å²) in [5, 5.41) is 15.9. The number of piperidine rings is 1. The molecule has 0 bridgehead atoms. The molecule has 0 aliphatic carbocycles. The van der Waals surface area contributed by atoms with Crippen LogP contribution in [0.2, 0.25) is 0 Å². The Balaban J connectivity index is 1.59. The summed E-state index contributed by atoms with van der Waals surface area (Å²) < 4.78 is 6.67. The topological polar surface area (TPSA) is 100.0 Å². The number of likely N-dealkylation sites (tertiary alicyclic amines) is 1. The van der Waals surface area contributed by atoms with Gasteiger partial charge in [0.15, 0.2) is 5.82 Å². The number of nitrogens with one attached hydrogen (secondary N) is 1. The summed E-state index contributed by atoms with van der Waals surface area (Å²) in [4.78, 5) is 18.9. The average molecular weight is 328 g/mol. The van der Waals surface area contributed by atoms with E-state index >= 15 is 0 Å². The van der Waals surface area contributed by atoms with E-state index in [1.807, 2.05) is 0 Å². The van der Waals surface area contributed by atoms with Crippen LogP contribution in [0.3, 0.4) is 0 Å². The molecule has 126 valence electrons. The first-order valence-corrected chi connectivity index (χ1v) is 7.94. The molecule has 1 fully saturated rings. The van der Waals surface area contributed by atoms with Crippen molar-refractivity contribution in [3.63, 3.8) is 0 Å². The number of amides is 1. The highest BCUT2D eigenvalue weighted by Gasteiger charge is 2.24. The molecule has 0 aromatic carbocycles. The van der Waals surface area contributed by atoms with Crippen molar-refractivity contribution in [3.8, 4) is 6.07 Å². The van der Waals surface area contributed by atoms with E-state index in [4.69, 9.17) is 9.78 Å². The molecule has 1 amide bonds. The summed E-state index contributed by atoms with van der Waals surface area (Å²) in [6.45, 7) is 4.08. The predicted octanol–water partition coefficient (Wildman–Crippen LogP) is 0.983. The van der Waals surface area contributed by atoms with Crippen LogP contribution in [0.25, 0.3) is 0 Å². The lowest BCUT2D eigenvalue weighted by Crippen LogP contribution is -2.47. The lowest BCUT2D eigenvalue weighted by molar-refractivity contribution is 0.0891. The van der Waals surface area contributed by atoms with Gasteiger partial charge in [0.2, 0.25) is 5.89 Å². The summed E-state index contributed by atoms with van der Waals surface area (Å²) in [5.41, 5.74) is 0.984. The number of aromatic nitrogens is 3. The van der Waals surface area contributed by atoms with E-state index in [-0.39, 0.29) is 11.9 Å². The maximum atomic E-state index is 12.4. The molecule has 1 saturated heterocycles. The van der Waals surface area contributed by atoms with Gasteiger partial charge in [-0.05, 0) is 25.5 Å². The smallest absolute Gasteiger partial charge is 0.268 e. The third-order valence-corrected chi connectivity index (χ3v) is 4.14. The quantitative estimate of drug-likeness (QED) is 0.898. The molecule has 3 heterocycles. The lowest BCUT2D eigenvalue weighted by Gasteiger charge is -2.32. The van der Waals surface area contributed by atoms with E-state index < -0.39 is 0 Å². The zero-order valence-corrected chi connectivity index (χ0v) is 13.8. The zero-order chi connectivity index (χ0) is 17.1. The molecule has 0 saturated carbocycles. The van der Waals surface area contributed by atoms with Crippen molar-refractivity contribution < 1.29 is 9.32 Å². The molecule has 1 atom stereocenters. The normalized spacial score (nSPS) is 18.3. The molecular formula is C16H20N6O2. The summed E-state index contributed by atoms with van der Waals surface area (Å²) in [7, 11) is 1.77. The first kappa shape index (κ1) is 16.2. The van der Waals surface area contributed by atoms with Gasteiger partial charge in [0.25, 0.3) is 5.91 Å². The Morgan fingerprint density at radius 1 is 1.58 bits per heavy atom. The van der Waals surface area contributed by atoms with Gasteiger partial charge in [-0.2, -0.15) is 10.2 Å². The first-order chi connectivity index (χ1) is 11.5. The van der Waals surface area contributed by atoms with Crippen molar-refractivity contribution in [2.75, 3.05) is 13.1 Å². The van der Waals surface area contributed by atoms with Crippen LogP contribution in [-0.4, -0.2) is 44.6 Å². The third-order valence-electron chi connectivity index (χ3n) is 4.14. The molecule has 3 rings (SSSR count). The Hall–Kier alpha value is -2.66. The highest BCUT2D eigenvalue weighted by Crippen LogP contribution is 2.14. The fraction of sp³-hybridized carbons (Fsp3) is 0.500. The molecule has 1 aliphatic heterocycles. The largest absolute Gasteiger partial charge is 0.347 e. The van der Waals surface area contributed by atoms with Gasteiger partial charge in [-0.3, -0.25) is 9.69 Å². The lowest BCUT2D eigenvalue weighted by atomic mass is 10.1. The van der Waals surface area contributed by atoms with Crippen molar-refractivity contribution in [2.24, 2.45) is 7.05 Å². The number of aryl methyl sites for hydroxylation is 2. The Morgan fingerprint density at radius 2 is 2.42 bits per heavy atom. The van der Waals surface area contributed by atoms with Gasteiger partial charge < -0.3 is 14.4 Å². The van der Waals surface area contributed by atoms with Crippen LogP contribution in [0.15, 0.2) is 16.8 Å². The number of carbonyl (C=O) groups is 1. The fourth-order valence-electron chi connectivity index (χ4n) is 3.03. The van der Waals surface area contributed by atoms with Crippen LogP contribution in [0, 0.1) is 18.3 Å². The van der Waals surface area contributed by atoms with E-state index in [9.17, 15) is 4.79 Å².